The lowest BCUT2D eigenvalue weighted by Gasteiger charge is -2.12. The molecule has 0 aliphatic carbocycles. The van der Waals surface area contributed by atoms with Crippen LogP contribution in [-0.4, -0.2) is 4.86 Å². The molecular formula is C15H11N3O. The number of rotatable bonds is 0. The van der Waals surface area contributed by atoms with E-state index in [0.29, 0.717) is 21.8 Å². The van der Waals surface area contributed by atoms with Gasteiger partial charge >= 0.3 is 0 Å². The maximum Gasteiger partial charge on any atom is 0.248 e. The molecule has 0 saturated carbocycles. The molecule has 0 saturated heterocycles. The Morgan fingerprint density at radius 1 is 1.11 bits per heavy atom. The van der Waals surface area contributed by atoms with Crippen molar-refractivity contribution in [3.63, 3.8) is 0 Å². The van der Waals surface area contributed by atoms with Crippen molar-refractivity contribution in [2.75, 3.05) is 0 Å². The summed E-state index contributed by atoms with van der Waals surface area (Å²) in [4.78, 5) is 0.666. The third-order valence-corrected chi connectivity index (χ3v) is 3.27. The topological polar surface area (TPSA) is 62.2 Å². The highest BCUT2D eigenvalue weighted by Gasteiger charge is 2.17. The molecule has 0 radical (unpaired) electrons. The van der Waals surface area contributed by atoms with Gasteiger partial charge in [0.15, 0.2) is 0 Å². The van der Waals surface area contributed by atoms with E-state index in [2.05, 4.69) is 11.2 Å². The molecule has 0 spiro atoms. The van der Waals surface area contributed by atoms with E-state index < -0.39 is 0 Å². The van der Waals surface area contributed by atoms with Crippen molar-refractivity contribution < 1.29 is 4.86 Å². The fourth-order valence-electron chi connectivity index (χ4n) is 2.28. The summed E-state index contributed by atoms with van der Waals surface area (Å²) < 4.78 is 0. The van der Waals surface area contributed by atoms with Crippen LogP contribution in [0.3, 0.4) is 0 Å². The van der Waals surface area contributed by atoms with Crippen LogP contribution in [-0.2, 0) is 12.8 Å². The molecule has 92 valence electrons. The molecule has 2 aromatic carbocycles. The van der Waals surface area contributed by atoms with Gasteiger partial charge in [-0.1, -0.05) is 18.2 Å². The van der Waals surface area contributed by atoms with Gasteiger partial charge in [0.25, 0.3) is 0 Å². The maximum absolute atomic E-state index is 12.1. The van der Waals surface area contributed by atoms with Crippen LogP contribution in [0.5, 0.6) is 0 Å². The zero-order valence-corrected chi connectivity index (χ0v) is 10.2. The number of hydrogen-bond donors (Lipinski definition) is 0. The van der Waals surface area contributed by atoms with E-state index in [9.17, 15) is 5.21 Å². The highest BCUT2D eigenvalue weighted by molar-refractivity contribution is 5.52. The van der Waals surface area contributed by atoms with E-state index >= 15 is 0 Å². The fraction of sp³-hybridized carbons (Fsp3) is 0.133. The molecule has 2 aromatic rings. The monoisotopic (exact) mass is 249 g/mol. The van der Waals surface area contributed by atoms with Crippen molar-refractivity contribution >= 4 is 11.4 Å². The second kappa shape index (κ2) is 4.54. The zero-order valence-electron chi connectivity index (χ0n) is 10.2. The van der Waals surface area contributed by atoms with E-state index in [-0.39, 0.29) is 0 Å². The fourth-order valence-corrected chi connectivity index (χ4v) is 2.28. The lowest BCUT2D eigenvalue weighted by Crippen LogP contribution is -2.03. The first-order chi connectivity index (χ1) is 9.28. The SMILES string of the molecule is N#Cc1ccc2c(c1)CCc1ccccc1[N+]([O-])=N2. The molecule has 0 N–H and O–H groups in total. The number of fused-ring (bicyclic) bond motifs is 2. The Balaban J connectivity index is 2.16. The molecule has 4 heteroatoms. The number of benzene rings is 2. The molecule has 0 amide bonds. The molecule has 4 nitrogen and oxygen atoms in total. The van der Waals surface area contributed by atoms with Crippen LogP contribution in [0.1, 0.15) is 16.7 Å². The van der Waals surface area contributed by atoms with Gasteiger partial charge in [0.1, 0.15) is 5.69 Å². The van der Waals surface area contributed by atoms with Crippen molar-refractivity contribution in [2.24, 2.45) is 5.11 Å². The molecule has 0 bridgehead atoms. The Kier molecular flexibility index (Phi) is 2.73. The van der Waals surface area contributed by atoms with Crippen LogP contribution in [0.25, 0.3) is 0 Å². The van der Waals surface area contributed by atoms with Crippen molar-refractivity contribution in [2.45, 2.75) is 12.8 Å². The van der Waals surface area contributed by atoms with Gasteiger partial charge in [0.05, 0.1) is 11.6 Å². The summed E-state index contributed by atoms with van der Waals surface area (Å²) >= 11 is 0. The predicted molar refractivity (Wildman–Crippen MR) is 70.4 cm³/mol. The van der Waals surface area contributed by atoms with Gasteiger partial charge in [-0.25, -0.2) is 0 Å². The standard InChI is InChI=1S/C15H11N3O/c16-10-11-5-8-14-13(9-11)7-6-12-3-1-2-4-15(12)18(19)17-14/h1-5,8-9H,6-7H2. The third kappa shape index (κ3) is 2.06. The van der Waals surface area contributed by atoms with E-state index in [1.54, 1.807) is 24.3 Å². The number of azo groups is 1. The van der Waals surface area contributed by atoms with Gasteiger partial charge < -0.3 is 5.21 Å². The van der Waals surface area contributed by atoms with Gasteiger partial charge in [-0.15, -0.1) is 0 Å². The van der Waals surface area contributed by atoms with Gasteiger partial charge in [0, 0.05) is 16.7 Å². The van der Waals surface area contributed by atoms with Crippen LogP contribution >= 0.6 is 0 Å². The smallest absolute Gasteiger partial charge is 0.248 e. The molecule has 0 unspecified atom stereocenters. The van der Waals surface area contributed by atoms with Gasteiger partial charge in [0.2, 0.25) is 5.69 Å². The predicted octanol–water partition coefficient (Wildman–Crippen LogP) is 3.58. The summed E-state index contributed by atoms with van der Waals surface area (Å²) in [5, 5.41) is 25.1. The Labute approximate surface area is 110 Å². The Morgan fingerprint density at radius 2 is 1.89 bits per heavy atom. The quantitative estimate of drug-likeness (QED) is 0.529. The summed E-state index contributed by atoms with van der Waals surface area (Å²) in [6.07, 6.45) is 1.55. The van der Waals surface area contributed by atoms with Crippen LogP contribution in [0.15, 0.2) is 47.6 Å². The zero-order chi connectivity index (χ0) is 13.2. The van der Waals surface area contributed by atoms with Crippen LogP contribution in [0.4, 0.5) is 11.4 Å². The van der Waals surface area contributed by atoms with Gasteiger partial charge in [-0.3, -0.25) is 0 Å². The van der Waals surface area contributed by atoms with E-state index in [1.165, 1.54) is 0 Å². The number of para-hydroxylation sites is 1. The van der Waals surface area contributed by atoms with Crippen molar-refractivity contribution in [1.82, 2.24) is 0 Å². The van der Waals surface area contributed by atoms with E-state index in [4.69, 9.17) is 5.26 Å². The maximum atomic E-state index is 12.1. The summed E-state index contributed by atoms with van der Waals surface area (Å²) in [5.74, 6) is 0. The third-order valence-electron chi connectivity index (χ3n) is 3.27. The summed E-state index contributed by atoms with van der Waals surface area (Å²) in [5.41, 5.74) is 3.75. The average molecular weight is 249 g/mol. The number of hydrogen-bond acceptors (Lipinski definition) is 3. The molecular weight excluding hydrogens is 238 g/mol. The van der Waals surface area contributed by atoms with Crippen LogP contribution < -0.4 is 0 Å². The summed E-state index contributed by atoms with van der Waals surface area (Å²) in [7, 11) is 0. The molecule has 1 aliphatic heterocycles. The normalized spacial score (nSPS) is 13.3. The highest BCUT2D eigenvalue weighted by atomic mass is 16.5. The van der Waals surface area contributed by atoms with Crippen LogP contribution in [0.2, 0.25) is 0 Å². The van der Waals surface area contributed by atoms with Crippen molar-refractivity contribution in [3.05, 3.63) is 64.4 Å². The van der Waals surface area contributed by atoms with Crippen molar-refractivity contribution in [3.8, 4) is 6.07 Å². The molecule has 19 heavy (non-hydrogen) atoms. The number of nitrogens with zero attached hydrogens (tertiary/aromatic N) is 3. The Hall–Kier alpha value is -2.67. The molecule has 1 heterocycles. The first-order valence-electron chi connectivity index (χ1n) is 6.08. The number of aryl methyl sites for hydroxylation is 2. The first-order valence-corrected chi connectivity index (χ1v) is 6.08. The van der Waals surface area contributed by atoms with E-state index in [0.717, 1.165) is 24.0 Å². The summed E-state index contributed by atoms with van der Waals surface area (Å²) in [6, 6.07) is 14.8. The number of nitriles is 1. The molecule has 1 aliphatic rings. The summed E-state index contributed by atoms with van der Waals surface area (Å²) in [6.45, 7) is 0. The first kappa shape index (κ1) is 11.4. The minimum absolute atomic E-state index is 0.595. The second-order valence-electron chi connectivity index (χ2n) is 4.46. The lowest BCUT2D eigenvalue weighted by molar-refractivity contribution is -0.436. The highest BCUT2D eigenvalue weighted by Crippen LogP contribution is 2.29. The molecule has 0 aromatic heterocycles. The minimum Gasteiger partial charge on any atom is -0.594 e. The van der Waals surface area contributed by atoms with Crippen molar-refractivity contribution in [1.29, 1.82) is 5.26 Å². The Morgan fingerprint density at radius 3 is 2.74 bits per heavy atom. The lowest BCUT2D eigenvalue weighted by atomic mass is 9.99. The Bertz CT molecular complexity index is 714. The van der Waals surface area contributed by atoms with Crippen LogP contribution in [0, 0.1) is 16.5 Å². The largest absolute Gasteiger partial charge is 0.594 e. The van der Waals surface area contributed by atoms with Gasteiger partial charge in [-0.2, -0.15) is 5.26 Å². The minimum atomic E-state index is 0.595. The second-order valence-corrected chi connectivity index (χ2v) is 4.46. The molecule has 0 fully saturated rings. The molecule has 0 atom stereocenters. The average Bonchev–Trinajstić information content (AvgIpc) is 2.44. The molecule has 3 rings (SSSR count). The van der Waals surface area contributed by atoms with E-state index in [1.807, 2.05) is 18.2 Å². The van der Waals surface area contributed by atoms with Gasteiger partial charge in [-0.05, 0) is 41.5 Å².